The number of halogens is 1. The van der Waals surface area contributed by atoms with Crippen molar-refractivity contribution in [1.82, 2.24) is 0 Å². The van der Waals surface area contributed by atoms with Gasteiger partial charge in [0, 0.05) is 23.1 Å². The van der Waals surface area contributed by atoms with E-state index in [1.807, 2.05) is 0 Å². The fourth-order valence-corrected chi connectivity index (χ4v) is 4.02. The van der Waals surface area contributed by atoms with Crippen LogP contribution in [0.2, 0.25) is 0 Å². The van der Waals surface area contributed by atoms with Gasteiger partial charge >= 0.3 is 5.97 Å². The van der Waals surface area contributed by atoms with Crippen LogP contribution in [0.3, 0.4) is 0 Å². The lowest BCUT2D eigenvalue weighted by Crippen LogP contribution is -2.22. The Morgan fingerprint density at radius 2 is 1.61 bits per heavy atom. The van der Waals surface area contributed by atoms with Gasteiger partial charge in [-0.3, -0.25) is 9.59 Å². The molecule has 0 bridgehead atoms. The van der Waals surface area contributed by atoms with E-state index in [2.05, 4.69) is 0 Å². The van der Waals surface area contributed by atoms with Crippen molar-refractivity contribution in [2.45, 2.75) is 12.3 Å². The van der Waals surface area contributed by atoms with Gasteiger partial charge in [-0.05, 0) is 35.9 Å². The van der Waals surface area contributed by atoms with Gasteiger partial charge in [0.1, 0.15) is 28.3 Å². The molecule has 0 amide bonds. The third-order valence-corrected chi connectivity index (χ3v) is 5.58. The normalized spacial score (nSPS) is 15.3. The number of phenols is 3. The Labute approximate surface area is 184 Å². The second-order valence-corrected chi connectivity index (χ2v) is 7.61. The Bertz CT molecular complexity index is 1500. The number of hydrogen-bond acceptors (Lipinski definition) is 8. The molecule has 0 radical (unpaired) electrons. The van der Waals surface area contributed by atoms with Gasteiger partial charge < -0.3 is 29.6 Å². The van der Waals surface area contributed by atoms with Crippen LogP contribution in [0.15, 0.2) is 57.7 Å². The third-order valence-electron chi connectivity index (χ3n) is 5.58. The Kier molecular flexibility index (Phi) is 4.49. The fraction of sp³-hybridized carbons (Fsp3) is 0.0833. The van der Waals surface area contributed by atoms with Crippen LogP contribution in [0, 0.1) is 5.82 Å². The fourth-order valence-electron chi connectivity index (χ4n) is 4.02. The van der Waals surface area contributed by atoms with Crippen molar-refractivity contribution >= 4 is 16.9 Å². The Balaban J connectivity index is 1.85. The first-order valence-corrected chi connectivity index (χ1v) is 9.78. The van der Waals surface area contributed by atoms with E-state index in [1.165, 1.54) is 30.3 Å². The molecule has 0 aliphatic carbocycles. The van der Waals surface area contributed by atoms with E-state index in [9.17, 15) is 34.4 Å². The number of rotatable bonds is 2. The molecule has 0 saturated carbocycles. The summed E-state index contributed by atoms with van der Waals surface area (Å²) in [7, 11) is 0. The first kappa shape index (κ1) is 20.4. The monoisotopic (exact) mass is 450 g/mol. The van der Waals surface area contributed by atoms with Crippen LogP contribution < -0.4 is 10.2 Å². The summed E-state index contributed by atoms with van der Waals surface area (Å²) < 4.78 is 24.6. The number of hydrogen-bond donors (Lipinski definition) is 4. The quantitative estimate of drug-likeness (QED) is 0.205. The predicted molar refractivity (Wildman–Crippen MR) is 113 cm³/mol. The maximum Gasteiger partial charge on any atom is 0.312 e. The largest absolute Gasteiger partial charge is 0.507 e. The summed E-state index contributed by atoms with van der Waals surface area (Å²) in [5.74, 6) is -4.46. The molecule has 9 heteroatoms. The highest BCUT2D eigenvalue weighted by atomic mass is 19.1. The molecular formula is C24H15FO8. The second kappa shape index (κ2) is 7.27. The van der Waals surface area contributed by atoms with Gasteiger partial charge in [0.05, 0.1) is 6.42 Å². The number of benzene rings is 3. The summed E-state index contributed by atoms with van der Waals surface area (Å²) in [5, 5.41) is 40.0. The lowest BCUT2D eigenvalue weighted by atomic mass is 9.85. The van der Waals surface area contributed by atoms with Crippen molar-refractivity contribution in [3.63, 3.8) is 0 Å². The van der Waals surface area contributed by atoms with Gasteiger partial charge in [-0.15, -0.1) is 0 Å². The zero-order valence-corrected chi connectivity index (χ0v) is 16.7. The van der Waals surface area contributed by atoms with E-state index in [0.717, 1.165) is 18.2 Å². The molecule has 0 fully saturated rings. The summed E-state index contributed by atoms with van der Waals surface area (Å²) in [6, 6.07) is 10.1. The first-order chi connectivity index (χ1) is 15.7. The Morgan fingerprint density at radius 1 is 0.879 bits per heavy atom. The molecule has 0 saturated heterocycles. The molecular weight excluding hydrogens is 435 g/mol. The minimum Gasteiger partial charge on any atom is -0.507 e. The molecule has 1 unspecified atom stereocenters. The SMILES string of the molecule is O=C1CC(c2ccc(F)cc2)c2c(cc(O)c3c(=O)c(O)c(-c4ccc(O)c(O)c4)oc23)O1. The van der Waals surface area contributed by atoms with E-state index in [1.54, 1.807) is 0 Å². The van der Waals surface area contributed by atoms with E-state index >= 15 is 0 Å². The number of fused-ring (bicyclic) bond motifs is 3. The van der Waals surface area contributed by atoms with Crippen molar-refractivity contribution in [2.75, 3.05) is 0 Å². The highest BCUT2D eigenvalue weighted by molar-refractivity contribution is 5.94. The predicted octanol–water partition coefficient (Wildman–Crippen LogP) is 3.86. The minimum absolute atomic E-state index is 0.0427. The Hall–Kier alpha value is -4.53. The number of carbonyl (C=O) groups is 1. The van der Waals surface area contributed by atoms with Crippen molar-refractivity contribution < 1.29 is 38.8 Å². The van der Waals surface area contributed by atoms with E-state index in [-0.39, 0.29) is 40.0 Å². The summed E-state index contributed by atoms with van der Waals surface area (Å²) in [4.78, 5) is 25.2. The number of aromatic hydroxyl groups is 4. The van der Waals surface area contributed by atoms with Crippen LogP contribution >= 0.6 is 0 Å². The van der Waals surface area contributed by atoms with Gasteiger partial charge in [-0.25, -0.2) is 4.39 Å². The maximum atomic E-state index is 13.5. The van der Waals surface area contributed by atoms with E-state index < -0.39 is 46.1 Å². The molecule has 0 spiro atoms. The highest BCUT2D eigenvalue weighted by Gasteiger charge is 2.34. The first-order valence-electron chi connectivity index (χ1n) is 9.78. The standard InChI is InChI=1S/C24H15FO8/c25-12-4-1-10(2-5-12)13-8-18(29)32-17-9-16(28)20-21(30)22(31)23(33-24(20)19(13)17)11-3-6-14(26)15(27)7-11/h1-7,9,13,26-28,31H,8H2. The van der Waals surface area contributed by atoms with Crippen LogP contribution in [0.4, 0.5) is 4.39 Å². The summed E-state index contributed by atoms with van der Waals surface area (Å²) in [6.45, 7) is 0. The number of phenolic OH excluding ortho intramolecular Hbond substituents is 3. The van der Waals surface area contributed by atoms with Crippen molar-refractivity contribution in [3.8, 4) is 40.1 Å². The molecule has 8 nitrogen and oxygen atoms in total. The van der Waals surface area contributed by atoms with Gasteiger partial charge in [-0.1, -0.05) is 12.1 Å². The zero-order valence-electron chi connectivity index (χ0n) is 16.7. The topological polar surface area (TPSA) is 137 Å². The lowest BCUT2D eigenvalue weighted by Gasteiger charge is -2.26. The van der Waals surface area contributed by atoms with Crippen LogP contribution in [0.25, 0.3) is 22.3 Å². The Morgan fingerprint density at radius 3 is 2.30 bits per heavy atom. The molecule has 1 aromatic heterocycles. The van der Waals surface area contributed by atoms with Gasteiger partial charge in [0.15, 0.2) is 17.3 Å². The molecule has 2 heterocycles. The van der Waals surface area contributed by atoms with E-state index in [4.69, 9.17) is 9.15 Å². The molecule has 5 rings (SSSR count). The van der Waals surface area contributed by atoms with E-state index in [0.29, 0.717) is 5.56 Å². The molecule has 166 valence electrons. The number of esters is 1. The lowest BCUT2D eigenvalue weighted by molar-refractivity contribution is -0.135. The maximum absolute atomic E-state index is 13.5. The smallest absolute Gasteiger partial charge is 0.312 e. The van der Waals surface area contributed by atoms with Crippen molar-refractivity contribution in [2.24, 2.45) is 0 Å². The zero-order chi connectivity index (χ0) is 23.4. The third kappa shape index (κ3) is 3.21. The molecule has 3 aromatic carbocycles. The molecule has 33 heavy (non-hydrogen) atoms. The van der Waals surface area contributed by atoms with Gasteiger partial charge in [0.2, 0.25) is 11.2 Å². The number of ether oxygens (including phenoxy) is 1. The van der Waals surface area contributed by atoms with Crippen molar-refractivity contribution in [1.29, 1.82) is 0 Å². The molecule has 4 N–H and O–H groups in total. The molecule has 4 aromatic rings. The average Bonchev–Trinajstić information content (AvgIpc) is 2.77. The van der Waals surface area contributed by atoms with Crippen LogP contribution in [0.5, 0.6) is 28.7 Å². The molecule has 1 atom stereocenters. The highest BCUT2D eigenvalue weighted by Crippen LogP contribution is 2.47. The van der Waals surface area contributed by atoms with Gasteiger partial charge in [0.25, 0.3) is 0 Å². The second-order valence-electron chi connectivity index (χ2n) is 7.61. The van der Waals surface area contributed by atoms with Crippen LogP contribution in [0.1, 0.15) is 23.5 Å². The minimum atomic E-state index is -0.950. The average molecular weight is 450 g/mol. The van der Waals surface area contributed by atoms with Crippen molar-refractivity contribution in [3.05, 3.63) is 75.7 Å². The summed E-state index contributed by atoms with van der Waals surface area (Å²) >= 11 is 0. The molecule has 1 aliphatic heterocycles. The molecule has 1 aliphatic rings. The number of carbonyl (C=O) groups excluding carboxylic acids is 1. The summed E-state index contributed by atoms with van der Waals surface area (Å²) in [5.41, 5.74) is -0.215. The van der Waals surface area contributed by atoms with Crippen LogP contribution in [-0.2, 0) is 4.79 Å². The van der Waals surface area contributed by atoms with Gasteiger partial charge in [-0.2, -0.15) is 0 Å². The summed E-state index contributed by atoms with van der Waals surface area (Å²) in [6.07, 6.45) is -0.140. The van der Waals surface area contributed by atoms with Crippen LogP contribution in [-0.4, -0.2) is 26.4 Å².